The summed E-state index contributed by atoms with van der Waals surface area (Å²) in [5, 5.41) is 0. The molecule has 0 aromatic heterocycles. The highest BCUT2D eigenvalue weighted by molar-refractivity contribution is 5.51. The van der Waals surface area contributed by atoms with Crippen LogP contribution in [0.4, 0.5) is 4.39 Å². The molecule has 2 nitrogen and oxygen atoms in total. The van der Waals surface area contributed by atoms with E-state index >= 15 is 0 Å². The van der Waals surface area contributed by atoms with Crippen LogP contribution in [0.15, 0.2) is 42.5 Å². The van der Waals surface area contributed by atoms with Crippen molar-refractivity contribution in [3.05, 3.63) is 59.4 Å². The highest BCUT2D eigenvalue weighted by Crippen LogP contribution is 2.49. The maximum Gasteiger partial charge on any atom is 0.275 e. The Kier molecular flexibility index (Phi) is 6.41. The van der Waals surface area contributed by atoms with Crippen molar-refractivity contribution in [3.63, 3.8) is 0 Å². The Labute approximate surface area is 162 Å². The van der Waals surface area contributed by atoms with Gasteiger partial charge in [0.05, 0.1) is 0 Å². The molecule has 2 unspecified atom stereocenters. The van der Waals surface area contributed by atoms with Crippen molar-refractivity contribution >= 4 is 0 Å². The third-order valence-corrected chi connectivity index (χ3v) is 5.46. The van der Waals surface area contributed by atoms with Gasteiger partial charge in [-0.25, -0.2) is 4.39 Å². The first-order valence-corrected chi connectivity index (χ1v) is 10.3. The van der Waals surface area contributed by atoms with Crippen molar-refractivity contribution in [2.45, 2.75) is 77.4 Å². The number of hydrogen-bond acceptors (Lipinski definition) is 2. The minimum absolute atomic E-state index is 0.256. The Balaban J connectivity index is 1.83. The molecule has 0 aliphatic carbocycles. The Hall–Kier alpha value is -2.03. The number of benzene rings is 2. The molecule has 0 fully saturated rings. The van der Waals surface area contributed by atoms with Crippen molar-refractivity contribution in [1.29, 1.82) is 0 Å². The summed E-state index contributed by atoms with van der Waals surface area (Å²) in [5.74, 6) is 0.965. The fraction of sp³-hybridized carbons (Fsp3) is 0.500. The van der Waals surface area contributed by atoms with E-state index in [2.05, 4.69) is 26.0 Å². The number of halogens is 1. The lowest BCUT2D eigenvalue weighted by atomic mass is 9.88. The number of rotatable bonds is 9. The van der Waals surface area contributed by atoms with Crippen LogP contribution in [-0.4, -0.2) is 0 Å². The number of ether oxygens (including phenoxy) is 2. The van der Waals surface area contributed by atoms with Gasteiger partial charge in [-0.3, -0.25) is 0 Å². The first kappa shape index (κ1) is 19.7. The van der Waals surface area contributed by atoms with Crippen LogP contribution in [0.25, 0.3) is 0 Å². The zero-order chi connectivity index (χ0) is 19.3. The van der Waals surface area contributed by atoms with Gasteiger partial charge < -0.3 is 9.47 Å². The Morgan fingerprint density at radius 2 is 1.67 bits per heavy atom. The van der Waals surface area contributed by atoms with E-state index in [1.807, 2.05) is 13.0 Å². The summed E-state index contributed by atoms with van der Waals surface area (Å²) in [5.41, 5.74) is 2.07. The van der Waals surface area contributed by atoms with Gasteiger partial charge in [0.2, 0.25) is 0 Å². The number of unbranched alkanes of at least 4 members (excludes halogenated alkanes) is 3. The van der Waals surface area contributed by atoms with Crippen LogP contribution < -0.4 is 9.47 Å². The molecule has 0 amide bonds. The Morgan fingerprint density at radius 3 is 2.37 bits per heavy atom. The van der Waals surface area contributed by atoms with E-state index in [-0.39, 0.29) is 5.82 Å². The largest absolute Gasteiger partial charge is 0.445 e. The van der Waals surface area contributed by atoms with Crippen LogP contribution in [0.2, 0.25) is 0 Å². The summed E-state index contributed by atoms with van der Waals surface area (Å²) in [6, 6.07) is 12.6. The van der Waals surface area contributed by atoms with Gasteiger partial charge in [-0.15, -0.1) is 0 Å². The zero-order valence-corrected chi connectivity index (χ0v) is 16.8. The lowest BCUT2D eigenvalue weighted by Gasteiger charge is -2.24. The van der Waals surface area contributed by atoms with Crippen LogP contribution in [-0.2, 0) is 5.79 Å². The molecule has 2 aromatic carbocycles. The maximum absolute atomic E-state index is 13.3. The minimum atomic E-state index is -0.912. The average Bonchev–Trinajstić information content (AvgIpc) is 3.02. The molecular weight excluding hydrogens is 339 g/mol. The van der Waals surface area contributed by atoms with Crippen LogP contribution >= 0.6 is 0 Å². The van der Waals surface area contributed by atoms with Crippen molar-refractivity contribution in [2.24, 2.45) is 0 Å². The van der Waals surface area contributed by atoms with E-state index in [1.165, 1.54) is 49.8 Å². The van der Waals surface area contributed by atoms with Crippen LogP contribution in [0.3, 0.4) is 0 Å². The summed E-state index contributed by atoms with van der Waals surface area (Å²) in [6.45, 7) is 6.39. The quantitative estimate of drug-likeness (QED) is 0.430. The number of para-hydroxylation sites is 1. The van der Waals surface area contributed by atoms with E-state index < -0.39 is 5.79 Å². The van der Waals surface area contributed by atoms with Gasteiger partial charge in [-0.2, -0.15) is 0 Å². The van der Waals surface area contributed by atoms with Gasteiger partial charge >= 0.3 is 0 Å². The highest BCUT2D eigenvalue weighted by atomic mass is 19.1. The molecule has 0 saturated carbocycles. The first-order valence-electron chi connectivity index (χ1n) is 10.3. The first-order chi connectivity index (χ1) is 13.1. The third kappa shape index (κ3) is 4.45. The summed E-state index contributed by atoms with van der Waals surface area (Å²) < 4.78 is 25.9. The van der Waals surface area contributed by atoms with Gasteiger partial charge in [0.25, 0.3) is 5.79 Å². The molecule has 0 N–H and O–H groups in total. The smallest absolute Gasteiger partial charge is 0.275 e. The standard InChI is InChI=1S/C24H31FO2/c1-4-6-7-8-11-18(10-5-2)21-12-9-13-22-23(21)27-24(3,26-22)19-14-16-20(25)17-15-19/h9,12-18H,4-8,10-11H2,1-3H3. The molecule has 3 heteroatoms. The summed E-state index contributed by atoms with van der Waals surface area (Å²) in [7, 11) is 0. The van der Waals surface area contributed by atoms with Gasteiger partial charge in [-0.05, 0) is 49.1 Å². The molecular formula is C24H31FO2. The van der Waals surface area contributed by atoms with Crippen LogP contribution in [0.1, 0.15) is 82.8 Å². The molecule has 1 heterocycles. The monoisotopic (exact) mass is 370 g/mol. The molecule has 27 heavy (non-hydrogen) atoms. The Bertz CT molecular complexity index is 741. The number of fused-ring (bicyclic) bond motifs is 1. The topological polar surface area (TPSA) is 18.5 Å². The normalized spacial score (nSPS) is 19.3. The van der Waals surface area contributed by atoms with Gasteiger partial charge in [0, 0.05) is 18.1 Å². The second kappa shape index (κ2) is 8.77. The summed E-state index contributed by atoms with van der Waals surface area (Å²) in [6.07, 6.45) is 8.58. The molecule has 0 bridgehead atoms. The van der Waals surface area contributed by atoms with Crippen molar-refractivity contribution in [1.82, 2.24) is 0 Å². The predicted octanol–water partition coefficient (Wildman–Crippen LogP) is 7.32. The molecule has 3 rings (SSSR count). The average molecular weight is 371 g/mol. The summed E-state index contributed by atoms with van der Waals surface area (Å²) >= 11 is 0. The van der Waals surface area contributed by atoms with E-state index in [0.717, 1.165) is 29.9 Å². The fourth-order valence-electron chi connectivity index (χ4n) is 3.96. The highest BCUT2D eigenvalue weighted by Gasteiger charge is 2.40. The molecule has 1 aliphatic heterocycles. The number of hydrogen-bond donors (Lipinski definition) is 0. The van der Waals surface area contributed by atoms with E-state index in [1.54, 1.807) is 12.1 Å². The lowest BCUT2D eigenvalue weighted by Crippen LogP contribution is -2.31. The van der Waals surface area contributed by atoms with Crippen molar-refractivity contribution in [3.8, 4) is 11.5 Å². The second-order valence-corrected chi connectivity index (χ2v) is 7.67. The van der Waals surface area contributed by atoms with Crippen molar-refractivity contribution < 1.29 is 13.9 Å². The molecule has 2 atom stereocenters. The summed E-state index contributed by atoms with van der Waals surface area (Å²) in [4.78, 5) is 0. The molecule has 1 aliphatic rings. The van der Waals surface area contributed by atoms with Crippen LogP contribution in [0.5, 0.6) is 11.5 Å². The lowest BCUT2D eigenvalue weighted by molar-refractivity contribution is -0.0685. The molecule has 0 radical (unpaired) electrons. The second-order valence-electron chi connectivity index (χ2n) is 7.67. The zero-order valence-electron chi connectivity index (χ0n) is 16.8. The van der Waals surface area contributed by atoms with E-state index in [0.29, 0.717) is 5.92 Å². The molecule has 0 saturated heterocycles. The minimum Gasteiger partial charge on any atom is -0.445 e. The van der Waals surface area contributed by atoms with Crippen molar-refractivity contribution in [2.75, 3.05) is 0 Å². The fourth-order valence-corrected chi connectivity index (χ4v) is 3.96. The van der Waals surface area contributed by atoms with E-state index in [4.69, 9.17) is 9.47 Å². The van der Waals surface area contributed by atoms with E-state index in [9.17, 15) is 4.39 Å². The molecule has 146 valence electrons. The van der Waals surface area contributed by atoms with Gasteiger partial charge in [-0.1, -0.05) is 58.1 Å². The van der Waals surface area contributed by atoms with Gasteiger partial charge in [0.1, 0.15) is 5.82 Å². The van der Waals surface area contributed by atoms with Gasteiger partial charge in [0.15, 0.2) is 11.5 Å². The Morgan fingerprint density at radius 1 is 0.889 bits per heavy atom. The maximum atomic E-state index is 13.3. The SMILES string of the molecule is CCCCCCC(CCC)c1cccc2c1OC(C)(c1ccc(F)cc1)O2. The third-order valence-electron chi connectivity index (χ3n) is 5.46. The molecule has 2 aromatic rings. The predicted molar refractivity (Wildman–Crippen MR) is 108 cm³/mol. The molecule has 0 spiro atoms. The van der Waals surface area contributed by atoms with Crippen LogP contribution in [0, 0.1) is 5.82 Å².